The van der Waals surface area contributed by atoms with Gasteiger partial charge >= 0.3 is 0 Å². The molecule has 0 radical (unpaired) electrons. The summed E-state index contributed by atoms with van der Waals surface area (Å²) in [5, 5.41) is 8.24. The molecular formula is C27H31N7. The number of aromatic nitrogens is 4. The standard InChI is InChI=1S/C27H31N7/c1-19-4-2-5-24(33-19)26-25(31-18-32-26)20-6-7-23-21(12-20)13-22(14-30-23)29-10-11-34-16-27(17-34)8-3-9-28-15-27/h2,4-7,12-14,18,28-29H,3,8-11,15-17H2,1H3,(H,31,32). The predicted molar refractivity (Wildman–Crippen MR) is 137 cm³/mol. The first kappa shape index (κ1) is 21.3. The Morgan fingerprint density at radius 2 is 2.06 bits per heavy atom. The molecule has 1 aromatic carbocycles. The van der Waals surface area contributed by atoms with E-state index in [1.165, 1.54) is 39.0 Å². The second kappa shape index (κ2) is 8.81. The topological polar surface area (TPSA) is 81.8 Å². The molecule has 0 saturated carbocycles. The number of pyridine rings is 2. The van der Waals surface area contributed by atoms with E-state index in [1.54, 1.807) is 6.33 Å². The number of piperidine rings is 1. The highest BCUT2D eigenvalue weighted by Crippen LogP contribution is 2.36. The highest BCUT2D eigenvalue weighted by atomic mass is 15.2. The molecule has 2 aliphatic heterocycles. The molecule has 34 heavy (non-hydrogen) atoms. The Kier molecular flexibility index (Phi) is 5.51. The monoisotopic (exact) mass is 453 g/mol. The minimum absolute atomic E-state index is 0.540. The third kappa shape index (κ3) is 4.17. The second-order valence-corrected chi connectivity index (χ2v) is 9.84. The van der Waals surface area contributed by atoms with Crippen LogP contribution >= 0.6 is 0 Å². The predicted octanol–water partition coefficient (Wildman–Crippen LogP) is 4.09. The van der Waals surface area contributed by atoms with Crippen molar-refractivity contribution in [3.8, 4) is 22.6 Å². The van der Waals surface area contributed by atoms with Gasteiger partial charge in [0.2, 0.25) is 0 Å². The van der Waals surface area contributed by atoms with Crippen LogP contribution in [0, 0.1) is 12.3 Å². The average molecular weight is 454 g/mol. The minimum atomic E-state index is 0.540. The lowest BCUT2D eigenvalue weighted by Crippen LogP contribution is -2.62. The van der Waals surface area contributed by atoms with E-state index in [2.05, 4.69) is 59.7 Å². The number of nitrogens with zero attached hydrogens (tertiary/aromatic N) is 4. The van der Waals surface area contributed by atoms with E-state index >= 15 is 0 Å². The average Bonchev–Trinajstić information content (AvgIpc) is 3.33. The van der Waals surface area contributed by atoms with Crippen LogP contribution < -0.4 is 10.6 Å². The van der Waals surface area contributed by atoms with Crippen molar-refractivity contribution in [2.45, 2.75) is 19.8 Å². The number of aromatic amines is 1. The van der Waals surface area contributed by atoms with Gasteiger partial charge in [0.05, 0.1) is 40.8 Å². The molecule has 174 valence electrons. The molecule has 2 saturated heterocycles. The number of nitrogens with one attached hydrogen (secondary N) is 3. The van der Waals surface area contributed by atoms with E-state index in [1.807, 2.05) is 31.3 Å². The summed E-state index contributed by atoms with van der Waals surface area (Å²) in [7, 11) is 0. The molecule has 3 aromatic heterocycles. The van der Waals surface area contributed by atoms with Gasteiger partial charge in [-0.3, -0.25) is 9.97 Å². The summed E-state index contributed by atoms with van der Waals surface area (Å²) in [6, 6.07) is 14.5. The molecule has 2 fully saturated rings. The summed E-state index contributed by atoms with van der Waals surface area (Å²) in [6.45, 7) is 8.82. The van der Waals surface area contributed by atoms with Gasteiger partial charge in [-0.25, -0.2) is 4.98 Å². The molecular weight excluding hydrogens is 422 g/mol. The van der Waals surface area contributed by atoms with Crippen molar-refractivity contribution in [3.63, 3.8) is 0 Å². The van der Waals surface area contributed by atoms with Crippen LogP contribution in [0.4, 0.5) is 5.69 Å². The lowest BCUT2D eigenvalue weighted by molar-refractivity contribution is -0.0142. The van der Waals surface area contributed by atoms with Gasteiger partial charge < -0.3 is 20.5 Å². The van der Waals surface area contributed by atoms with Gasteiger partial charge in [0.25, 0.3) is 0 Å². The normalized spacial score (nSPS) is 17.7. The molecule has 2 aliphatic rings. The molecule has 6 rings (SSSR count). The van der Waals surface area contributed by atoms with E-state index in [9.17, 15) is 0 Å². The Morgan fingerprint density at radius 3 is 2.91 bits per heavy atom. The van der Waals surface area contributed by atoms with Crippen molar-refractivity contribution in [1.82, 2.24) is 30.2 Å². The van der Waals surface area contributed by atoms with E-state index in [4.69, 9.17) is 0 Å². The number of fused-ring (bicyclic) bond motifs is 1. The first-order chi connectivity index (χ1) is 16.7. The van der Waals surface area contributed by atoms with Gasteiger partial charge in [0, 0.05) is 54.8 Å². The van der Waals surface area contributed by atoms with Crippen molar-refractivity contribution < 1.29 is 0 Å². The zero-order chi connectivity index (χ0) is 23.0. The lowest BCUT2D eigenvalue weighted by atomic mass is 9.74. The van der Waals surface area contributed by atoms with Crippen molar-refractivity contribution in [3.05, 3.63) is 60.7 Å². The number of anilines is 1. The summed E-state index contributed by atoms with van der Waals surface area (Å²) in [5.41, 5.74) is 7.36. The van der Waals surface area contributed by atoms with Gasteiger partial charge in [-0.1, -0.05) is 12.1 Å². The largest absolute Gasteiger partial charge is 0.382 e. The van der Waals surface area contributed by atoms with E-state index in [0.29, 0.717) is 5.41 Å². The Bertz CT molecular complexity index is 1300. The summed E-state index contributed by atoms with van der Waals surface area (Å²) < 4.78 is 0. The third-order valence-corrected chi connectivity index (χ3v) is 7.17. The fourth-order valence-electron chi connectivity index (χ4n) is 5.49. The van der Waals surface area contributed by atoms with Crippen molar-refractivity contribution in [2.75, 3.05) is 44.6 Å². The van der Waals surface area contributed by atoms with Gasteiger partial charge in [-0.05, 0) is 56.6 Å². The van der Waals surface area contributed by atoms with Crippen LogP contribution in [-0.2, 0) is 0 Å². The molecule has 3 N–H and O–H groups in total. The van der Waals surface area contributed by atoms with Crippen molar-refractivity contribution in [1.29, 1.82) is 0 Å². The maximum absolute atomic E-state index is 4.67. The summed E-state index contributed by atoms with van der Waals surface area (Å²) in [5.74, 6) is 0. The van der Waals surface area contributed by atoms with Crippen LogP contribution in [0.5, 0.6) is 0 Å². The van der Waals surface area contributed by atoms with Gasteiger partial charge in [-0.15, -0.1) is 0 Å². The smallest absolute Gasteiger partial charge is 0.0977 e. The third-order valence-electron chi connectivity index (χ3n) is 7.17. The van der Waals surface area contributed by atoms with E-state index < -0.39 is 0 Å². The maximum atomic E-state index is 4.67. The first-order valence-electron chi connectivity index (χ1n) is 12.2. The number of aryl methyl sites for hydroxylation is 1. The Hall–Kier alpha value is -3.29. The maximum Gasteiger partial charge on any atom is 0.0977 e. The highest BCUT2D eigenvalue weighted by molar-refractivity contribution is 5.88. The molecule has 0 aliphatic carbocycles. The molecule has 0 atom stereocenters. The minimum Gasteiger partial charge on any atom is -0.382 e. The molecule has 5 heterocycles. The SMILES string of the molecule is Cc1cccc(-c2[nH]cnc2-c2ccc3ncc(NCCN4CC5(CCCNC5)C4)cc3c2)n1. The second-order valence-electron chi connectivity index (χ2n) is 9.84. The van der Waals surface area contributed by atoms with Gasteiger partial charge in [-0.2, -0.15) is 0 Å². The Labute approximate surface area is 200 Å². The summed E-state index contributed by atoms with van der Waals surface area (Å²) >= 11 is 0. The molecule has 7 nitrogen and oxygen atoms in total. The molecule has 0 bridgehead atoms. The molecule has 0 unspecified atom stereocenters. The number of hydrogen-bond acceptors (Lipinski definition) is 6. The molecule has 0 amide bonds. The highest BCUT2D eigenvalue weighted by Gasteiger charge is 2.42. The summed E-state index contributed by atoms with van der Waals surface area (Å²) in [6.07, 6.45) is 6.36. The first-order valence-corrected chi connectivity index (χ1v) is 12.2. The molecule has 4 aromatic rings. The van der Waals surface area contributed by atoms with Crippen LogP contribution in [0.15, 0.2) is 55.0 Å². The molecule has 7 heteroatoms. The van der Waals surface area contributed by atoms with Crippen LogP contribution in [0.25, 0.3) is 33.5 Å². The Morgan fingerprint density at radius 1 is 1.12 bits per heavy atom. The lowest BCUT2D eigenvalue weighted by Gasteiger charge is -2.52. The van der Waals surface area contributed by atoms with Crippen LogP contribution in [0.1, 0.15) is 18.5 Å². The van der Waals surface area contributed by atoms with Crippen LogP contribution in [0.3, 0.4) is 0 Å². The van der Waals surface area contributed by atoms with Crippen LogP contribution in [0.2, 0.25) is 0 Å². The fourth-order valence-corrected chi connectivity index (χ4v) is 5.49. The number of rotatable bonds is 6. The van der Waals surface area contributed by atoms with Gasteiger partial charge in [0.1, 0.15) is 0 Å². The zero-order valence-corrected chi connectivity index (χ0v) is 19.6. The van der Waals surface area contributed by atoms with E-state index in [0.717, 1.165) is 58.0 Å². The van der Waals surface area contributed by atoms with E-state index in [-0.39, 0.29) is 0 Å². The summed E-state index contributed by atoms with van der Waals surface area (Å²) in [4.78, 5) is 19.8. The number of likely N-dealkylation sites (tertiary alicyclic amines) is 1. The molecule has 1 spiro atoms. The van der Waals surface area contributed by atoms with Crippen molar-refractivity contribution >= 4 is 16.6 Å². The Balaban J connectivity index is 1.15. The number of imidazole rings is 1. The quantitative estimate of drug-likeness (QED) is 0.408. The number of benzene rings is 1. The van der Waals surface area contributed by atoms with Gasteiger partial charge in [0.15, 0.2) is 0 Å². The number of H-pyrrole nitrogens is 1. The number of hydrogen-bond donors (Lipinski definition) is 3. The zero-order valence-electron chi connectivity index (χ0n) is 19.6. The fraction of sp³-hybridized carbons (Fsp3) is 0.370. The van der Waals surface area contributed by atoms with Crippen LogP contribution in [-0.4, -0.2) is 64.1 Å². The van der Waals surface area contributed by atoms with Crippen molar-refractivity contribution in [2.24, 2.45) is 5.41 Å².